The number of carbonyl (C=O) groups excluding carboxylic acids is 2. The second-order valence-electron chi connectivity index (χ2n) is 8.78. The zero-order chi connectivity index (χ0) is 27.1. The first-order chi connectivity index (χ1) is 18.1. The molecule has 12 heteroatoms. The molecule has 0 N–H and O–H groups in total. The van der Waals surface area contributed by atoms with Crippen LogP contribution >= 0.6 is 0 Å². The van der Waals surface area contributed by atoms with E-state index in [2.05, 4.69) is 14.7 Å². The summed E-state index contributed by atoms with van der Waals surface area (Å²) in [5.41, 5.74) is -1.74. The summed E-state index contributed by atoms with van der Waals surface area (Å²) in [6, 6.07) is 0. The second kappa shape index (κ2) is 20.6. The Morgan fingerprint density at radius 1 is 0.568 bits per heavy atom. The molecule has 0 radical (unpaired) electrons. The first-order valence-electron chi connectivity index (χ1n) is 13.1. The van der Waals surface area contributed by atoms with Crippen molar-refractivity contribution in [1.82, 2.24) is 13.7 Å². The van der Waals surface area contributed by atoms with Crippen LogP contribution in [0.3, 0.4) is 0 Å². The lowest BCUT2D eigenvalue weighted by atomic mass is 10.1. The third kappa shape index (κ3) is 12.8. The maximum absolute atomic E-state index is 13.0. The zero-order valence-electron chi connectivity index (χ0n) is 21.6. The summed E-state index contributed by atoms with van der Waals surface area (Å²) in [6.07, 6.45) is 14.4. The number of isocyanates is 2. The van der Waals surface area contributed by atoms with Gasteiger partial charge in [0, 0.05) is 19.6 Å². The number of aromatic nitrogens is 3. The fourth-order valence-corrected chi connectivity index (χ4v) is 4.00. The minimum atomic E-state index is -0.583. The second-order valence-corrected chi connectivity index (χ2v) is 8.78. The molecule has 1 aromatic heterocycles. The zero-order valence-corrected chi connectivity index (χ0v) is 21.6. The Bertz CT molecular complexity index is 1030. The van der Waals surface area contributed by atoms with Gasteiger partial charge in [0.2, 0.25) is 12.2 Å². The molecule has 0 spiro atoms. The van der Waals surface area contributed by atoms with Gasteiger partial charge in [0.15, 0.2) is 0 Å². The lowest BCUT2D eigenvalue weighted by Crippen LogP contribution is -2.54. The van der Waals surface area contributed by atoms with Gasteiger partial charge in [0.1, 0.15) is 6.61 Å². The summed E-state index contributed by atoms with van der Waals surface area (Å²) < 4.78 is 8.13. The van der Waals surface area contributed by atoms with Crippen molar-refractivity contribution in [1.29, 1.82) is 5.26 Å². The number of nitriles is 1. The summed E-state index contributed by atoms with van der Waals surface area (Å²) in [6.45, 7) is 1.89. The molecule has 0 aliphatic carbocycles. The molecule has 0 amide bonds. The number of hydrogen-bond donors (Lipinski definition) is 0. The van der Waals surface area contributed by atoms with Crippen molar-refractivity contribution in [3.05, 3.63) is 31.5 Å². The largest absolute Gasteiger partial charge is 0.428 e. The first-order valence-corrected chi connectivity index (χ1v) is 13.1. The Morgan fingerprint density at radius 3 is 1.30 bits per heavy atom. The standard InChI is InChI=1S/C25H38N6O6/c26-20-37-19-13-7-1-4-10-16-29-23(34)30(17-11-5-2-8-14-27-21-32)25(36)31(24(29)35)18-12-6-3-9-15-28-22-33/h1-19H2. The summed E-state index contributed by atoms with van der Waals surface area (Å²) in [5, 5.41) is 8.38. The summed E-state index contributed by atoms with van der Waals surface area (Å²) in [7, 11) is 0. The van der Waals surface area contributed by atoms with Gasteiger partial charge in [-0.2, -0.15) is 5.26 Å². The van der Waals surface area contributed by atoms with E-state index in [4.69, 9.17) is 5.26 Å². The number of unbranched alkanes of at least 4 members (excludes halogenated alkanes) is 10. The average Bonchev–Trinajstić information content (AvgIpc) is 2.89. The fourth-order valence-electron chi connectivity index (χ4n) is 4.00. The molecule has 0 bridgehead atoms. The third-order valence-electron chi connectivity index (χ3n) is 6.01. The highest BCUT2D eigenvalue weighted by Gasteiger charge is 2.15. The van der Waals surface area contributed by atoms with E-state index in [0.717, 1.165) is 77.9 Å². The monoisotopic (exact) mass is 518 g/mol. The Hall–Kier alpha value is -3.54. The van der Waals surface area contributed by atoms with Crippen LogP contribution in [-0.4, -0.2) is 45.6 Å². The first kappa shape index (κ1) is 31.5. The van der Waals surface area contributed by atoms with Crippen LogP contribution in [-0.2, 0) is 34.0 Å². The SMILES string of the molecule is N#COCCCCCCCn1c(=O)n(CCCCCCN=C=O)c(=O)n(CCCCCCN=C=O)c1=O. The van der Waals surface area contributed by atoms with E-state index < -0.39 is 17.1 Å². The molecule has 12 nitrogen and oxygen atoms in total. The number of aliphatic imine (C=N–C) groups is 2. The van der Waals surface area contributed by atoms with Crippen LogP contribution in [0.5, 0.6) is 0 Å². The lowest BCUT2D eigenvalue weighted by Gasteiger charge is -2.14. The Kier molecular flexibility index (Phi) is 17.6. The van der Waals surface area contributed by atoms with Crippen molar-refractivity contribution in [2.24, 2.45) is 9.98 Å². The molecular weight excluding hydrogens is 480 g/mol. The molecule has 0 aliphatic rings. The van der Waals surface area contributed by atoms with Crippen molar-refractivity contribution in [3.8, 4) is 6.26 Å². The maximum Gasteiger partial charge on any atom is 0.336 e. The van der Waals surface area contributed by atoms with Crippen LogP contribution in [0.1, 0.15) is 83.5 Å². The fraction of sp³-hybridized carbons (Fsp3) is 0.760. The van der Waals surface area contributed by atoms with Crippen LogP contribution in [0.4, 0.5) is 0 Å². The van der Waals surface area contributed by atoms with Crippen LogP contribution in [0.2, 0.25) is 0 Å². The molecule has 1 aromatic rings. The van der Waals surface area contributed by atoms with Crippen LogP contribution in [0.15, 0.2) is 24.4 Å². The number of hydrogen-bond acceptors (Lipinski definition) is 9. The molecule has 1 heterocycles. The van der Waals surface area contributed by atoms with Gasteiger partial charge in [0.25, 0.3) is 6.26 Å². The van der Waals surface area contributed by atoms with E-state index in [-0.39, 0.29) is 19.6 Å². The molecule has 0 aromatic carbocycles. The predicted molar refractivity (Wildman–Crippen MR) is 137 cm³/mol. The van der Waals surface area contributed by atoms with Crippen LogP contribution in [0.25, 0.3) is 0 Å². The van der Waals surface area contributed by atoms with Crippen molar-refractivity contribution in [2.75, 3.05) is 19.7 Å². The molecular formula is C25H38N6O6. The Labute approximate surface area is 216 Å². The van der Waals surface area contributed by atoms with Crippen molar-refractivity contribution >= 4 is 12.2 Å². The predicted octanol–water partition coefficient (Wildman–Crippen LogP) is 2.41. The number of nitrogens with zero attached hydrogens (tertiary/aromatic N) is 6. The molecule has 1 rings (SSSR count). The van der Waals surface area contributed by atoms with E-state index in [0.29, 0.717) is 39.0 Å². The maximum atomic E-state index is 13.0. The Morgan fingerprint density at radius 2 is 0.919 bits per heavy atom. The molecule has 0 fully saturated rings. The van der Waals surface area contributed by atoms with Gasteiger partial charge in [-0.05, 0) is 38.5 Å². The van der Waals surface area contributed by atoms with E-state index in [9.17, 15) is 24.0 Å². The molecule has 0 saturated carbocycles. The van der Waals surface area contributed by atoms with Gasteiger partial charge in [-0.25, -0.2) is 47.7 Å². The van der Waals surface area contributed by atoms with E-state index in [1.807, 2.05) is 0 Å². The third-order valence-corrected chi connectivity index (χ3v) is 6.01. The molecule has 37 heavy (non-hydrogen) atoms. The van der Waals surface area contributed by atoms with Gasteiger partial charge < -0.3 is 4.74 Å². The van der Waals surface area contributed by atoms with Gasteiger partial charge >= 0.3 is 17.1 Å². The van der Waals surface area contributed by atoms with Crippen molar-refractivity contribution < 1.29 is 14.3 Å². The molecule has 0 unspecified atom stereocenters. The normalized spacial score (nSPS) is 10.4. The van der Waals surface area contributed by atoms with E-state index in [1.54, 1.807) is 6.26 Å². The van der Waals surface area contributed by atoms with E-state index >= 15 is 0 Å². The highest BCUT2D eigenvalue weighted by Crippen LogP contribution is 2.05. The highest BCUT2D eigenvalue weighted by molar-refractivity contribution is 5.32. The van der Waals surface area contributed by atoms with Gasteiger partial charge in [-0.15, -0.1) is 0 Å². The van der Waals surface area contributed by atoms with E-state index in [1.165, 1.54) is 12.2 Å². The van der Waals surface area contributed by atoms with Gasteiger partial charge in [0.05, 0.1) is 13.1 Å². The average molecular weight is 519 g/mol. The summed E-state index contributed by atoms with van der Waals surface area (Å²) in [5.74, 6) is 0. The number of ether oxygens (including phenoxy) is 1. The smallest absolute Gasteiger partial charge is 0.336 e. The highest BCUT2D eigenvalue weighted by atomic mass is 16.5. The topological polar surface area (TPSA) is 158 Å². The minimum absolute atomic E-state index is 0.220. The molecule has 0 aliphatic heterocycles. The summed E-state index contributed by atoms with van der Waals surface area (Å²) >= 11 is 0. The van der Waals surface area contributed by atoms with Crippen molar-refractivity contribution in [2.45, 2.75) is 103 Å². The minimum Gasteiger partial charge on any atom is -0.428 e. The number of rotatable bonds is 22. The van der Waals surface area contributed by atoms with Crippen molar-refractivity contribution in [3.63, 3.8) is 0 Å². The van der Waals surface area contributed by atoms with Gasteiger partial charge in [-0.3, -0.25) is 0 Å². The summed E-state index contributed by atoms with van der Waals surface area (Å²) in [4.78, 5) is 66.4. The van der Waals surface area contributed by atoms with Gasteiger partial charge in [-0.1, -0.05) is 44.9 Å². The molecule has 204 valence electrons. The van der Waals surface area contributed by atoms with Crippen LogP contribution in [0, 0.1) is 11.5 Å². The van der Waals surface area contributed by atoms with Crippen LogP contribution < -0.4 is 17.1 Å². The molecule has 0 saturated heterocycles. The lowest BCUT2D eigenvalue weighted by molar-refractivity contribution is 0.260. The molecule has 0 atom stereocenters. The quantitative estimate of drug-likeness (QED) is 0.0986. The Balaban J connectivity index is 2.84.